The zero-order valence-corrected chi connectivity index (χ0v) is 33.8. The fourth-order valence-corrected chi connectivity index (χ4v) is 8.18. The second-order valence-corrected chi connectivity index (χ2v) is 15.0. The third-order valence-corrected chi connectivity index (χ3v) is 10.9. The van der Waals surface area contributed by atoms with Crippen LogP contribution in [-0.4, -0.2) is 60.4 Å². The van der Waals surface area contributed by atoms with Crippen LogP contribution in [0.25, 0.3) is 0 Å². The molecule has 10 nitrogen and oxygen atoms in total. The van der Waals surface area contributed by atoms with Gasteiger partial charge in [-0.2, -0.15) is 5.26 Å². The fraction of sp³-hybridized carbons (Fsp3) is 0.522. The quantitative estimate of drug-likeness (QED) is 0.0435. The number of nitriles is 1. The SMILES string of the molecule is CCCCCCCCCCC1(CC(=O)OCCCC)c2ccccc2N(CCC(=O)O)C1/C=C/C(C#N)=C/C=C1\N(CCC)c2ccccc2N1CCC(=O)O. The molecule has 0 radical (unpaired) electrons. The van der Waals surface area contributed by atoms with Gasteiger partial charge in [0.25, 0.3) is 0 Å². The molecule has 10 heteroatoms. The summed E-state index contributed by atoms with van der Waals surface area (Å²) in [6.45, 7) is 7.95. The second-order valence-electron chi connectivity index (χ2n) is 15.0. The number of allylic oxidation sites excluding steroid dienone is 4. The molecule has 0 aliphatic carbocycles. The van der Waals surface area contributed by atoms with Crippen LogP contribution in [0.5, 0.6) is 0 Å². The Morgan fingerprint density at radius 1 is 0.768 bits per heavy atom. The van der Waals surface area contributed by atoms with Gasteiger partial charge in [-0.25, -0.2) is 0 Å². The van der Waals surface area contributed by atoms with Crippen molar-refractivity contribution >= 4 is 35.0 Å². The van der Waals surface area contributed by atoms with E-state index in [2.05, 4.69) is 42.7 Å². The number of unbranched alkanes of at least 4 members (excludes halogenated alkanes) is 8. The van der Waals surface area contributed by atoms with Crippen LogP contribution in [0.15, 0.2) is 84.2 Å². The fourth-order valence-electron chi connectivity index (χ4n) is 8.18. The maximum absolute atomic E-state index is 13.7. The van der Waals surface area contributed by atoms with Crippen molar-refractivity contribution in [3.63, 3.8) is 0 Å². The van der Waals surface area contributed by atoms with Gasteiger partial charge in [0.15, 0.2) is 0 Å². The standard InChI is InChI=1S/C46H62N4O6/c1-4-7-9-10-11-12-13-18-29-46(34-45(55)56-33-8-5-2)37-19-14-15-20-38(37)48(31-27-43(51)52)41(46)25-23-36(35-47)24-26-42-49(30-6-3)39-21-16-17-22-40(39)50(42)32-28-44(53)54/h14-17,19-26,41H,4-13,18,27-34H2,1-3H3,(H,51,52)(H,53,54)/b25-23+,36-24-,42-26+. The van der Waals surface area contributed by atoms with Crippen LogP contribution in [0, 0.1) is 11.3 Å². The van der Waals surface area contributed by atoms with E-state index in [0.717, 1.165) is 67.0 Å². The van der Waals surface area contributed by atoms with E-state index in [0.29, 0.717) is 25.1 Å². The first kappa shape index (κ1) is 43.7. The van der Waals surface area contributed by atoms with Gasteiger partial charge in [-0.05, 0) is 61.3 Å². The Morgan fingerprint density at radius 3 is 1.98 bits per heavy atom. The van der Waals surface area contributed by atoms with E-state index in [9.17, 15) is 29.9 Å². The van der Waals surface area contributed by atoms with Crippen LogP contribution in [-0.2, 0) is 24.5 Å². The van der Waals surface area contributed by atoms with Crippen molar-refractivity contribution in [2.24, 2.45) is 0 Å². The van der Waals surface area contributed by atoms with Gasteiger partial charge < -0.3 is 29.6 Å². The molecule has 0 saturated carbocycles. The summed E-state index contributed by atoms with van der Waals surface area (Å²) in [6, 6.07) is 17.9. The smallest absolute Gasteiger partial charge is 0.306 e. The highest BCUT2D eigenvalue weighted by molar-refractivity contribution is 5.83. The number of nitrogens with zero attached hydrogens (tertiary/aromatic N) is 4. The number of rotatable bonds is 25. The zero-order chi connectivity index (χ0) is 40.3. The van der Waals surface area contributed by atoms with E-state index in [-0.39, 0.29) is 38.3 Å². The highest BCUT2D eigenvalue weighted by Crippen LogP contribution is 2.51. The topological polar surface area (TPSA) is 134 Å². The zero-order valence-electron chi connectivity index (χ0n) is 33.8. The normalized spacial score (nSPS) is 18.4. The molecule has 0 aromatic heterocycles. The van der Waals surface area contributed by atoms with Gasteiger partial charge in [0.05, 0.1) is 54.9 Å². The molecule has 2 aliphatic heterocycles. The summed E-state index contributed by atoms with van der Waals surface area (Å²) in [4.78, 5) is 43.6. The highest BCUT2D eigenvalue weighted by Gasteiger charge is 2.50. The van der Waals surface area contributed by atoms with E-state index in [1.807, 2.05) is 59.5 Å². The Balaban J connectivity index is 1.75. The summed E-state index contributed by atoms with van der Waals surface area (Å²) in [5, 5.41) is 29.8. The first-order chi connectivity index (χ1) is 27.2. The molecule has 2 aromatic rings. The third kappa shape index (κ3) is 11.5. The largest absolute Gasteiger partial charge is 0.481 e. The molecule has 2 heterocycles. The number of hydrogen-bond donors (Lipinski definition) is 2. The number of carboxylic acids is 2. The predicted octanol–water partition coefficient (Wildman–Crippen LogP) is 9.91. The Bertz CT molecular complexity index is 1740. The number of hydrogen-bond acceptors (Lipinski definition) is 8. The summed E-state index contributed by atoms with van der Waals surface area (Å²) < 4.78 is 5.80. The number of carbonyl (C=O) groups is 3. The molecule has 0 fully saturated rings. The van der Waals surface area contributed by atoms with Crippen LogP contribution in [0.3, 0.4) is 0 Å². The molecular formula is C46H62N4O6. The van der Waals surface area contributed by atoms with E-state index in [1.54, 1.807) is 12.2 Å². The van der Waals surface area contributed by atoms with Crippen LogP contribution in [0.4, 0.5) is 17.1 Å². The molecule has 2 atom stereocenters. The first-order valence-electron chi connectivity index (χ1n) is 20.8. The molecule has 2 unspecified atom stereocenters. The van der Waals surface area contributed by atoms with Gasteiger partial charge in [0.2, 0.25) is 0 Å². The lowest BCUT2D eigenvalue weighted by Gasteiger charge is -2.38. The molecule has 2 aromatic carbocycles. The van der Waals surface area contributed by atoms with Gasteiger partial charge >= 0.3 is 17.9 Å². The molecule has 0 bridgehead atoms. The average molecular weight is 767 g/mol. The van der Waals surface area contributed by atoms with Gasteiger partial charge in [-0.3, -0.25) is 14.4 Å². The average Bonchev–Trinajstić information content (AvgIpc) is 3.62. The molecule has 0 spiro atoms. The number of esters is 1. The molecule has 56 heavy (non-hydrogen) atoms. The Morgan fingerprint density at radius 2 is 1.36 bits per heavy atom. The van der Waals surface area contributed by atoms with Crippen molar-refractivity contribution in [2.75, 3.05) is 40.9 Å². The minimum absolute atomic E-state index is 0.0450. The molecule has 0 saturated heterocycles. The number of anilines is 3. The Labute approximate surface area is 334 Å². The molecule has 2 N–H and O–H groups in total. The number of benzene rings is 2. The van der Waals surface area contributed by atoms with Crippen LogP contribution in [0.1, 0.15) is 123 Å². The van der Waals surface area contributed by atoms with E-state index >= 15 is 0 Å². The summed E-state index contributed by atoms with van der Waals surface area (Å²) in [5.41, 5.74) is 3.50. The number of carboxylic acid groups (broad SMARTS) is 2. The second kappa shape index (κ2) is 22.5. The van der Waals surface area contributed by atoms with Crippen molar-refractivity contribution < 1.29 is 29.3 Å². The van der Waals surface area contributed by atoms with E-state index in [4.69, 9.17) is 4.74 Å². The summed E-state index contributed by atoms with van der Waals surface area (Å²) in [5.74, 6) is -1.27. The van der Waals surface area contributed by atoms with Crippen molar-refractivity contribution in [1.82, 2.24) is 0 Å². The maximum Gasteiger partial charge on any atom is 0.306 e. The lowest BCUT2D eigenvalue weighted by Crippen LogP contribution is -2.46. The van der Waals surface area contributed by atoms with Crippen molar-refractivity contribution in [3.8, 4) is 6.07 Å². The third-order valence-electron chi connectivity index (χ3n) is 10.9. The van der Waals surface area contributed by atoms with E-state index < -0.39 is 23.4 Å². The van der Waals surface area contributed by atoms with Gasteiger partial charge in [-0.1, -0.05) is 115 Å². The summed E-state index contributed by atoms with van der Waals surface area (Å²) in [6.07, 6.45) is 19.8. The summed E-state index contributed by atoms with van der Waals surface area (Å²) in [7, 11) is 0. The van der Waals surface area contributed by atoms with Crippen molar-refractivity contribution in [1.29, 1.82) is 5.26 Å². The minimum Gasteiger partial charge on any atom is -0.481 e. The number of aliphatic carboxylic acids is 2. The number of carbonyl (C=O) groups excluding carboxylic acids is 1. The Kier molecular flexibility index (Phi) is 17.6. The predicted molar refractivity (Wildman–Crippen MR) is 224 cm³/mol. The number of fused-ring (bicyclic) bond motifs is 2. The maximum atomic E-state index is 13.7. The van der Waals surface area contributed by atoms with Gasteiger partial charge in [0, 0.05) is 30.7 Å². The molecule has 2 aliphatic rings. The van der Waals surface area contributed by atoms with Gasteiger partial charge in [0.1, 0.15) is 5.82 Å². The number of ether oxygens (including phenoxy) is 1. The highest BCUT2D eigenvalue weighted by atomic mass is 16.5. The number of para-hydroxylation sites is 3. The van der Waals surface area contributed by atoms with Crippen LogP contribution >= 0.6 is 0 Å². The Hall–Kier alpha value is -5.04. The molecule has 302 valence electrons. The first-order valence-corrected chi connectivity index (χ1v) is 20.8. The van der Waals surface area contributed by atoms with E-state index in [1.165, 1.54) is 32.1 Å². The van der Waals surface area contributed by atoms with Crippen molar-refractivity contribution in [2.45, 2.75) is 129 Å². The van der Waals surface area contributed by atoms with Crippen LogP contribution < -0.4 is 14.7 Å². The minimum atomic E-state index is -0.907. The molecular weight excluding hydrogens is 705 g/mol. The monoisotopic (exact) mass is 766 g/mol. The van der Waals surface area contributed by atoms with Crippen LogP contribution in [0.2, 0.25) is 0 Å². The lowest BCUT2D eigenvalue weighted by molar-refractivity contribution is -0.145. The summed E-state index contributed by atoms with van der Waals surface area (Å²) >= 11 is 0. The lowest BCUT2D eigenvalue weighted by atomic mass is 9.70. The van der Waals surface area contributed by atoms with Crippen molar-refractivity contribution in [3.05, 3.63) is 89.8 Å². The van der Waals surface area contributed by atoms with Gasteiger partial charge in [-0.15, -0.1) is 0 Å². The molecule has 0 amide bonds. The molecule has 4 rings (SSSR count).